The third kappa shape index (κ3) is 4.64. The zero-order chi connectivity index (χ0) is 18.5. The summed E-state index contributed by atoms with van der Waals surface area (Å²) in [5, 5.41) is 11.4. The lowest BCUT2D eigenvalue weighted by atomic mass is 10.1. The molecule has 4 rings (SSSR count). The smallest absolute Gasteiger partial charge is 0.209 e. The minimum Gasteiger partial charge on any atom is -0.258 e. The quantitative estimate of drug-likeness (QED) is 0.429. The monoisotopic (exact) mass is 392 g/mol. The van der Waals surface area contributed by atoms with Crippen LogP contribution < -0.4 is 0 Å². The number of aromatic amines is 1. The van der Waals surface area contributed by atoms with Gasteiger partial charge in [-0.3, -0.25) is 5.10 Å². The van der Waals surface area contributed by atoms with Crippen molar-refractivity contribution in [2.24, 2.45) is 0 Å². The highest BCUT2D eigenvalue weighted by Gasteiger charge is 2.09. The standard InChI is InChI=1S/C21H20N4S2/c1-2-15-8-10-17(11-9-15)20-23-21(25-24-20)27-14-18-13-26-19(22-18)12-16-6-4-3-5-7-16/h3-11,13H,2,12,14H2,1H3,(H,23,24,25). The fraction of sp³-hybridized carbons (Fsp3) is 0.190. The van der Waals surface area contributed by atoms with E-state index in [0.29, 0.717) is 0 Å². The fourth-order valence-corrected chi connectivity index (χ4v) is 4.37. The molecule has 0 aliphatic carbocycles. The molecule has 0 unspecified atom stereocenters. The third-order valence-electron chi connectivity index (χ3n) is 4.25. The summed E-state index contributed by atoms with van der Waals surface area (Å²) in [5.74, 6) is 1.58. The Morgan fingerprint density at radius 3 is 2.56 bits per heavy atom. The predicted octanol–water partition coefficient (Wildman–Crippen LogP) is 5.37. The van der Waals surface area contributed by atoms with Gasteiger partial charge in [0.1, 0.15) is 0 Å². The first-order valence-corrected chi connectivity index (χ1v) is 10.8. The van der Waals surface area contributed by atoms with E-state index in [1.165, 1.54) is 11.1 Å². The molecule has 0 amide bonds. The number of thioether (sulfide) groups is 1. The average molecular weight is 393 g/mol. The van der Waals surface area contributed by atoms with Gasteiger partial charge in [-0.15, -0.1) is 16.4 Å². The topological polar surface area (TPSA) is 54.5 Å². The molecule has 0 bridgehead atoms. The molecular formula is C21H20N4S2. The maximum atomic E-state index is 4.74. The molecule has 0 saturated heterocycles. The minimum atomic E-state index is 0.752. The Labute approximate surface area is 167 Å². The van der Waals surface area contributed by atoms with Crippen LogP contribution >= 0.6 is 23.1 Å². The zero-order valence-electron chi connectivity index (χ0n) is 15.1. The van der Waals surface area contributed by atoms with Crippen LogP contribution in [-0.2, 0) is 18.6 Å². The fourth-order valence-electron chi connectivity index (χ4n) is 2.74. The van der Waals surface area contributed by atoms with Gasteiger partial charge in [0, 0.05) is 23.1 Å². The maximum Gasteiger partial charge on any atom is 0.209 e. The molecule has 0 fully saturated rings. The van der Waals surface area contributed by atoms with Crippen LogP contribution in [0.5, 0.6) is 0 Å². The maximum absolute atomic E-state index is 4.74. The van der Waals surface area contributed by atoms with Crippen molar-refractivity contribution in [2.75, 3.05) is 0 Å². The third-order valence-corrected chi connectivity index (χ3v) is 6.03. The van der Waals surface area contributed by atoms with Crippen molar-refractivity contribution in [3.8, 4) is 11.4 Å². The van der Waals surface area contributed by atoms with E-state index >= 15 is 0 Å². The Balaban J connectivity index is 1.36. The molecule has 2 aromatic heterocycles. The molecule has 0 atom stereocenters. The Morgan fingerprint density at radius 1 is 0.963 bits per heavy atom. The number of benzene rings is 2. The lowest BCUT2D eigenvalue weighted by Gasteiger charge is -1.98. The lowest BCUT2D eigenvalue weighted by Crippen LogP contribution is -1.88. The summed E-state index contributed by atoms with van der Waals surface area (Å²) in [5.41, 5.74) is 4.75. The van der Waals surface area contributed by atoms with Crippen LogP contribution in [-0.4, -0.2) is 20.2 Å². The molecule has 0 saturated carbocycles. The number of hydrogen-bond acceptors (Lipinski definition) is 5. The molecule has 1 N–H and O–H groups in total. The summed E-state index contributed by atoms with van der Waals surface area (Å²) in [6.45, 7) is 2.15. The van der Waals surface area contributed by atoms with Crippen molar-refractivity contribution in [2.45, 2.75) is 30.7 Å². The molecule has 136 valence electrons. The Hall–Kier alpha value is -2.44. The van der Waals surface area contributed by atoms with Crippen molar-refractivity contribution in [3.05, 3.63) is 81.8 Å². The molecule has 4 aromatic rings. The summed E-state index contributed by atoms with van der Waals surface area (Å²) < 4.78 is 0. The van der Waals surface area contributed by atoms with E-state index in [1.54, 1.807) is 23.1 Å². The first kappa shape index (κ1) is 17.9. The highest BCUT2D eigenvalue weighted by atomic mass is 32.2. The Bertz CT molecular complexity index is 990. The number of H-pyrrole nitrogens is 1. The van der Waals surface area contributed by atoms with E-state index in [0.717, 1.165) is 45.8 Å². The summed E-state index contributed by atoms with van der Waals surface area (Å²) in [6.07, 6.45) is 1.92. The highest BCUT2D eigenvalue weighted by Crippen LogP contribution is 2.24. The molecule has 0 aliphatic rings. The molecular weight excluding hydrogens is 372 g/mol. The van der Waals surface area contributed by atoms with E-state index in [9.17, 15) is 0 Å². The van der Waals surface area contributed by atoms with Gasteiger partial charge in [-0.2, -0.15) is 0 Å². The Kier molecular flexibility index (Phi) is 5.65. The van der Waals surface area contributed by atoms with Crippen LogP contribution in [0.15, 0.2) is 65.1 Å². The van der Waals surface area contributed by atoms with E-state index in [2.05, 4.69) is 76.0 Å². The van der Waals surface area contributed by atoms with Gasteiger partial charge >= 0.3 is 0 Å². The summed E-state index contributed by atoms with van der Waals surface area (Å²) in [7, 11) is 0. The van der Waals surface area contributed by atoms with Crippen molar-refractivity contribution in [1.29, 1.82) is 0 Å². The molecule has 0 spiro atoms. The normalized spacial score (nSPS) is 11.0. The number of thiazole rings is 1. The number of nitrogens with one attached hydrogen (secondary N) is 1. The van der Waals surface area contributed by atoms with Crippen molar-refractivity contribution in [1.82, 2.24) is 20.2 Å². The molecule has 27 heavy (non-hydrogen) atoms. The second-order valence-electron chi connectivity index (χ2n) is 6.20. The summed E-state index contributed by atoms with van der Waals surface area (Å²) >= 11 is 3.32. The van der Waals surface area contributed by atoms with Gasteiger partial charge in [0.15, 0.2) is 5.82 Å². The lowest BCUT2D eigenvalue weighted by molar-refractivity contribution is 0.971. The number of aryl methyl sites for hydroxylation is 1. The van der Waals surface area contributed by atoms with Crippen LogP contribution in [0, 0.1) is 0 Å². The second kappa shape index (κ2) is 8.50. The van der Waals surface area contributed by atoms with Gasteiger partial charge < -0.3 is 0 Å². The first-order valence-electron chi connectivity index (χ1n) is 8.92. The SMILES string of the molecule is CCc1ccc(-c2nc(SCc3csc(Cc4ccccc4)n3)n[nH]2)cc1. The van der Waals surface area contributed by atoms with Crippen LogP contribution in [0.3, 0.4) is 0 Å². The van der Waals surface area contributed by atoms with Crippen molar-refractivity contribution < 1.29 is 0 Å². The van der Waals surface area contributed by atoms with Crippen LogP contribution in [0.4, 0.5) is 0 Å². The van der Waals surface area contributed by atoms with Gasteiger partial charge in [-0.1, -0.05) is 73.3 Å². The van der Waals surface area contributed by atoms with Crippen LogP contribution in [0.25, 0.3) is 11.4 Å². The van der Waals surface area contributed by atoms with Crippen molar-refractivity contribution >= 4 is 23.1 Å². The molecule has 6 heteroatoms. The molecule has 0 aliphatic heterocycles. The highest BCUT2D eigenvalue weighted by molar-refractivity contribution is 7.98. The van der Waals surface area contributed by atoms with E-state index < -0.39 is 0 Å². The largest absolute Gasteiger partial charge is 0.258 e. The van der Waals surface area contributed by atoms with Gasteiger partial charge in [0.25, 0.3) is 0 Å². The van der Waals surface area contributed by atoms with Crippen LogP contribution in [0.1, 0.15) is 28.8 Å². The van der Waals surface area contributed by atoms with E-state index in [1.807, 2.05) is 6.07 Å². The van der Waals surface area contributed by atoms with E-state index in [-0.39, 0.29) is 0 Å². The van der Waals surface area contributed by atoms with Gasteiger partial charge in [0.05, 0.1) is 10.7 Å². The van der Waals surface area contributed by atoms with E-state index in [4.69, 9.17) is 4.98 Å². The molecule has 4 nitrogen and oxygen atoms in total. The molecule has 2 aromatic carbocycles. The summed E-state index contributed by atoms with van der Waals surface area (Å²) in [6, 6.07) is 18.9. The van der Waals surface area contributed by atoms with Gasteiger partial charge in [-0.05, 0) is 17.5 Å². The van der Waals surface area contributed by atoms with Gasteiger partial charge in [0.2, 0.25) is 5.16 Å². The number of hydrogen-bond donors (Lipinski definition) is 1. The molecule has 2 heterocycles. The van der Waals surface area contributed by atoms with Gasteiger partial charge in [-0.25, -0.2) is 9.97 Å². The zero-order valence-corrected chi connectivity index (χ0v) is 16.7. The number of rotatable bonds is 7. The minimum absolute atomic E-state index is 0.752. The predicted molar refractivity (Wildman–Crippen MR) is 112 cm³/mol. The molecule has 0 radical (unpaired) electrons. The van der Waals surface area contributed by atoms with Crippen molar-refractivity contribution in [3.63, 3.8) is 0 Å². The first-order chi connectivity index (χ1) is 13.3. The number of aromatic nitrogens is 4. The summed E-state index contributed by atoms with van der Waals surface area (Å²) in [4.78, 5) is 9.33. The second-order valence-corrected chi connectivity index (χ2v) is 8.09. The Morgan fingerprint density at radius 2 is 1.78 bits per heavy atom. The number of nitrogens with zero attached hydrogens (tertiary/aromatic N) is 3. The van der Waals surface area contributed by atoms with Crippen LogP contribution in [0.2, 0.25) is 0 Å². The average Bonchev–Trinajstić information content (AvgIpc) is 3.37.